The van der Waals surface area contributed by atoms with Crippen LogP contribution in [-0.2, 0) is 10.0 Å². The van der Waals surface area contributed by atoms with Crippen molar-refractivity contribution in [3.63, 3.8) is 0 Å². The fraction of sp³-hybridized carbons (Fsp3) is 0.190. The summed E-state index contributed by atoms with van der Waals surface area (Å²) in [6, 6.07) is 17.3. The molecule has 0 spiro atoms. The molecule has 1 aromatic heterocycles. The fourth-order valence-corrected chi connectivity index (χ4v) is 3.93. The maximum atomic E-state index is 12.6. The molecular weight excluding hydrogens is 390 g/mol. The molecule has 0 radical (unpaired) electrons. The second kappa shape index (κ2) is 8.50. The van der Waals surface area contributed by atoms with Crippen molar-refractivity contribution in [2.75, 3.05) is 6.61 Å². The molecule has 0 saturated heterocycles. The van der Waals surface area contributed by atoms with E-state index in [0.717, 1.165) is 11.4 Å². The molecule has 8 heteroatoms. The quantitative estimate of drug-likeness (QED) is 0.583. The highest BCUT2D eigenvalue weighted by Crippen LogP contribution is 2.21. The van der Waals surface area contributed by atoms with Crippen molar-refractivity contribution >= 4 is 15.9 Å². The van der Waals surface area contributed by atoms with Gasteiger partial charge in [-0.25, -0.2) is 8.42 Å². The van der Waals surface area contributed by atoms with Crippen molar-refractivity contribution in [3.05, 3.63) is 77.6 Å². The first-order valence-electron chi connectivity index (χ1n) is 9.13. The van der Waals surface area contributed by atoms with Gasteiger partial charge in [0.25, 0.3) is 15.9 Å². The van der Waals surface area contributed by atoms with Crippen LogP contribution in [0.15, 0.2) is 65.6 Å². The smallest absolute Gasteiger partial charge is 0.268 e. The Morgan fingerprint density at radius 3 is 2.31 bits per heavy atom. The van der Waals surface area contributed by atoms with Gasteiger partial charge in [-0.05, 0) is 63.2 Å². The van der Waals surface area contributed by atoms with Crippen LogP contribution in [0.4, 0.5) is 0 Å². The first kappa shape index (κ1) is 20.6. The van der Waals surface area contributed by atoms with Crippen molar-refractivity contribution in [3.8, 4) is 11.4 Å². The maximum absolute atomic E-state index is 12.6. The summed E-state index contributed by atoms with van der Waals surface area (Å²) in [6.45, 7) is 6.04. The SMILES string of the molecule is CCOc1ccc(S(=O)(=O)NNC(=O)c2cc(C)n(-c3ccccc3)c2C)cc1. The molecule has 0 unspecified atom stereocenters. The summed E-state index contributed by atoms with van der Waals surface area (Å²) in [5.74, 6) is 0.0404. The molecule has 1 amide bonds. The molecule has 1 heterocycles. The third kappa shape index (κ3) is 4.49. The second-order valence-corrected chi connectivity index (χ2v) is 8.10. The van der Waals surface area contributed by atoms with Crippen molar-refractivity contribution in [1.82, 2.24) is 14.8 Å². The van der Waals surface area contributed by atoms with Crippen molar-refractivity contribution < 1.29 is 17.9 Å². The highest BCUT2D eigenvalue weighted by atomic mass is 32.2. The molecule has 2 N–H and O–H groups in total. The van der Waals surface area contributed by atoms with Crippen molar-refractivity contribution in [1.29, 1.82) is 0 Å². The van der Waals surface area contributed by atoms with E-state index in [1.807, 2.05) is 55.7 Å². The fourth-order valence-electron chi connectivity index (χ4n) is 3.09. The monoisotopic (exact) mass is 413 g/mol. The number of hydrogen-bond acceptors (Lipinski definition) is 4. The number of ether oxygens (including phenoxy) is 1. The van der Waals surface area contributed by atoms with Crippen molar-refractivity contribution in [2.24, 2.45) is 0 Å². The summed E-state index contributed by atoms with van der Waals surface area (Å²) >= 11 is 0. The Balaban J connectivity index is 1.75. The number of aromatic nitrogens is 1. The molecule has 0 bridgehead atoms. The van der Waals surface area contributed by atoms with Gasteiger partial charge >= 0.3 is 0 Å². The van der Waals surface area contributed by atoms with E-state index in [1.54, 1.807) is 18.2 Å². The zero-order chi connectivity index (χ0) is 21.0. The number of amides is 1. The van der Waals surface area contributed by atoms with Crippen LogP contribution in [0.3, 0.4) is 0 Å². The summed E-state index contributed by atoms with van der Waals surface area (Å²) < 4.78 is 32.1. The lowest BCUT2D eigenvalue weighted by Crippen LogP contribution is -2.41. The van der Waals surface area contributed by atoms with Gasteiger partial charge in [0, 0.05) is 17.1 Å². The Morgan fingerprint density at radius 1 is 1.03 bits per heavy atom. The van der Waals surface area contributed by atoms with Gasteiger partial charge in [0.15, 0.2) is 0 Å². The Hall–Kier alpha value is -3.10. The third-order valence-corrected chi connectivity index (χ3v) is 5.70. The number of nitrogens with zero attached hydrogens (tertiary/aromatic N) is 1. The number of nitrogens with one attached hydrogen (secondary N) is 2. The lowest BCUT2D eigenvalue weighted by Gasteiger charge is -2.11. The Labute approximate surface area is 170 Å². The highest BCUT2D eigenvalue weighted by molar-refractivity contribution is 7.89. The molecular formula is C21H23N3O4S. The first-order chi connectivity index (χ1) is 13.8. The molecule has 0 aliphatic rings. The summed E-state index contributed by atoms with van der Waals surface area (Å²) in [4.78, 5) is 14.8. The maximum Gasteiger partial charge on any atom is 0.268 e. The predicted molar refractivity (Wildman–Crippen MR) is 111 cm³/mol. The van der Waals surface area contributed by atoms with Gasteiger partial charge in [0.2, 0.25) is 0 Å². The molecule has 7 nitrogen and oxygen atoms in total. The summed E-state index contributed by atoms with van der Waals surface area (Å²) in [6.07, 6.45) is 0. The number of hydrazine groups is 1. The minimum absolute atomic E-state index is 0.0241. The highest BCUT2D eigenvalue weighted by Gasteiger charge is 2.20. The minimum atomic E-state index is -3.91. The molecule has 0 aliphatic carbocycles. The Kier molecular flexibility index (Phi) is 6.05. The van der Waals surface area contributed by atoms with E-state index in [4.69, 9.17) is 4.74 Å². The number of benzene rings is 2. The molecule has 152 valence electrons. The van der Waals surface area contributed by atoms with Gasteiger partial charge in [-0.2, -0.15) is 0 Å². The Bertz CT molecular complexity index is 1100. The predicted octanol–water partition coefficient (Wildman–Crippen LogP) is 3.12. The van der Waals surface area contributed by atoms with Crippen LogP contribution in [0.25, 0.3) is 5.69 Å². The number of aryl methyl sites for hydroxylation is 1. The van der Waals surface area contributed by atoms with E-state index >= 15 is 0 Å². The number of carbonyl (C=O) groups is 1. The normalized spacial score (nSPS) is 11.3. The van der Waals surface area contributed by atoms with Crippen LogP contribution in [0, 0.1) is 13.8 Å². The van der Waals surface area contributed by atoms with Crippen LogP contribution in [0.5, 0.6) is 5.75 Å². The molecule has 2 aromatic carbocycles. The van der Waals surface area contributed by atoms with Gasteiger partial charge in [0.05, 0.1) is 17.1 Å². The van der Waals surface area contributed by atoms with E-state index in [9.17, 15) is 13.2 Å². The number of para-hydroxylation sites is 1. The van der Waals surface area contributed by atoms with Gasteiger partial charge < -0.3 is 9.30 Å². The van der Waals surface area contributed by atoms with Crippen LogP contribution in [-0.4, -0.2) is 25.5 Å². The number of hydrogen-bond donors (Lipinski definition) is 2. The summed E-state index contributed by atoms with van der Waals surface area (Å²) in [5, 5.41) is 0. The van der Waals surface area contributed by atoms with E-state index < -0.39 is 15.9 Å². The second-order valence-electron chi connectivity index (χ2n) is 6.42. The Morgan fingerprint density at radius 2 is 1.69 bits per heavy atom. The van der Waals surface area contributed by atoms with E-state index in [0.29, 0.717) is 23.6 Å². The standard InChI is InChI=1S/C21H23N3O4S/c1-4-28-18-10-12-19(13-11-18)29(26,27)23-22-21(25)20-14-15(2)24(16(20)3)17-8-6-5-7-9-17/h5-14,23H,4H2,1-3H3,(H,22,25). The molecule has 3 aromatic rings. The van der Waals surface area contributed by atoms with Gasteiger partial charge in [-0.1, -0.05) is 18.2 Å². The molecule has 0 aliphatic heterocycles. The molecule has 0 saturated carbocycles. The molecule has 3 rings (SSSR count). The molecule has 0 fully saturated rings. The average molecular weight is 413 g/mol. The first-order valence-corrected chi connectivity index (χ1v) is 10.6. The minimum Gasteiger partial charge on any atom is -0.494 e. The van der Waals surface area contributed by atoms with E-state index in [-0.39, 0.29) is 4.90 Å². The largest absolute Gasteiger partial charge is 0.494 e. The van der Waals surface area contributed by atoms with Gasteiger partial charge in [-0.15, -0.1) is 4.83 Å². The van der Waals surface area contributed by atoms with Crippen molar-refractivity contribution in [2.45, 2.75) is 25.7 Å². The summed E-state index contributed by atoms with van der Waals surface area (Å²) in [5.41, 5.74) is 5.19. The zero-order valence-electron chi connectivity index (χ0n) is 16.5. The topological polar surface area (TPSA) is 89.4 Å². The number of rotatable bonds is 7. The molecule has 29 heavy (non-hydrogen) atoms. The van der Waals surface area contributed by atoms with Crippen LogP contribution in [0.1, 0.15) is 28.7 Å². The lowest BCUT2D eigenvalue weighted by atomic mass is 10.2. The lowest BCUT2D eigenvalue weighted by molar-refractivity contribution is 0.0944. The average Bonchev–Trinajstić information content (AvgIpc) is 3.02. The van der Waals surface area contributed by atoms with Crippen LogP contribution in [0.2, 0.25) is 0 Å². The molecule has 0 atom stereocenters. The van der Waals surface area contributed by atoms with Gasteiger partial charge in [-0.3, -0.25) is 10.2 Å². The van der Waals surface area contributed by atoms with E-state index in [1.165, 1.54) is 12.1 Å². The zero-order valence-corrected chi connectivity index (χ0v) is 17.3. The van der Waals surface area contributed by atoms with Crippen LogP contribution < -0.4 is 15.0 Å². The third-order valence-electron chi connectivity index (χ3n) is 4.43. The van der Waals surface area contributed by atoms with Crippen LogP contribution >= 0.6 is 0 Å². The van der Waals surface area contributed by atoms with Gasteiger partial charge in [0.1, 0.15) is 5.75 Å². The van der Waals surface area contributed by atoms with E-state index in [2.05, 4.69) is 10.3 Å². The number of carbonyl (C=O) groups excluding carboxylic acids is 1. The summed E-state index contributed by atoms with van der Waals surface area (Å²) in [7, 11) is -3.91. The number of sulfonamides is 1.